The fraction of sp³-hybridized carbons (Fsp3) is 0.421. The van der Waals surface area contributed by atoms with E-state index in [0.29, 0.717) is 11.7 Å². The predicted molar refractivity (Wildman–Crippen MR) is 95.5 cm³/mol. The molecule has 132 valence electrons. The zero-order valence-electron chi connectivity index (χ0n) is 14.5. The summed E-state index contributed by atoms with van der Waals surface area (Å²) in [5.41, 5.74) is 2.51. The Kier molecular flexibility index (Phi) is 4.09. The van der Waals surface area contributed by atoms with Crippen molar-refractivity contribution >= 4 is 21.8 Å². The lowest BCUT2D eigenvalue weighted by Crippen LogP contribution is -2.43. The van der Waals surface area contributed by atoms with Crippen molar-refractivity contribution in [2.45, 2.75) is 26.4 Å². The molecule has 1 unspecified atom stereocenters. The highest BCUT2D eigenvalue weighted by molar-refractivity contribution is 6.09. The maximum Gasteiger partial charge on any atom is 0.213 e. The van der Waals surface area contributed by atoms with Crippen LogP contribution in [0.3, 0.4) is 0 Å². The minimum absolute atomic E-state index is 0.210. The van der Waals surface area contributed by atoms with Crippen LogP contribution in [0.5, 0.6) is 5.75 Å². The SMILES string of the molecule is Cc1nc(F)cc2c3ccc(O)cc3n(CC(C)N3CCOCC3)c12. The number of rotatable bonds is 3. The molecule has 1 fully saturated rings. The summed E-state index contributed by atoms with van der Waals surface area (Å²) >= 11 is 0. The molecular weight excluding hydrogens is 321 g/mol. The third-order valence-electron chi connectivity index (χ3n) is 5.08. The number of benzene rings is 1. The van der Waals surface area contributed by atoms with E-state index in [1.807, 2.05) is 13.0 Å². The number of phenolic OH excluding ortho intramolecular Hbond substituents is 1. The molecule has 0 aliphatic carbocycles. The van der Waals surface area contributed by atoms with Crippen LogP contribution in [-0.2, 0) is 11.3 Å². The maximum absolute atomic E-state index is 13.9. The Labute approximate surface area is 145 Å². The molecule has 3 aromatic rings. The summed E-state index contributed by atoms with van der Waals surface area (Å²) in [6.45, 7) is 8.11. The Morgan fingerprint density at radius 3 is 2.76 bits per heavy atom. The van der Waals surface area contributed by atoms with E-state index in [4.69, 9.17) is 4.74 Å². The average Bonchev–Trinajstić information content (AvgIpc) is 2.89. The number of morpholine rings is 1. The van der Waals surface area contributed by atoms with Crippen molar-refractivity contribution in [1.29, 1.82) is 0 Å². The third kappa shape index (κ3) is 2.85. The van der Waals surface area contributed by atoms with Crippen LogP contribution in [0.1, 0.15) is 12.6 Å². The second kappa shape index (κ2) is 6.28. The van der Waals surface area contributed by atoms with E-state index < -0.39 is 5.95 Å². The highest BCUT2D eigenvalue weighted by atomic mass is 19.1. The van der Waals surface area contributed by atoms with Gasteiger partial charge in [-0.2, -0.15) is 4.39 Å². The Morgan fingerprint density at radius 2 is 2.00 bits per heavy atom. The van der Waals surface area contributed by atoms with Gasteiger partial charge in [0.15, 0.2) is 0 Å². The number of fused-ring (bicyclic) bond motifs is 3. The summed E-state index contributed by atoms with van der Waals surface area (Å²) in [6.07, 6.45) is 0. The highest BCUT2D eigenvalue weighted by Crippen LogP contribution is 2.33. The van der Waals surface area contributed by atoms with E-state index in [1.165, 1.54) is 6.07 Å². The topological polar surface area (TPSA) is 50.5 Å². The zero-order valence-corrected chi connectivity index (χ0v) is 14.5. The first-order valence-electron chi connectivity index (χ1n) is 8.64. The van der Waals surface area contributed by atoms with Gasteiger partial charge in [-0.05, 0) is 26.0 Å². The van der Waals surface area contributed by atoms with Crippen LogP contribution >= 0.6 is 0 Å². The lowest BCUT2D eigenvalue weighted by Gasteiger charge is -2.32. The predicted octanol–water partition coefficient (Wildman–Crippen LogP) is 3.06. The molecule has 0 spiro atoms. The van der Waals surface area contributed by atoms with E-state index in [-0.39, 0.29) is 5.75 Å². The van der Waals surface area contributed by atoms with Gasteiger partial charge in [0, 0.05) is 48.6 Å². The Hall–Kier alpha value is -2.18. The fourth-order valence-electron chi connectivity index (χ4n) is 3.85. The Balaban J connectivity index is 1.86. The van der Waals surface area contributed by atoms with Gasteiger partial charge in [0.25, 0.3) is 0 Å². The lowest BCUT2D eigenvalue weighted by atomic mass is 10.1. The van der Waals surface area contributed by atoms with Gasteiger partial charge in [0.2, 0.25) is 5.95 Å². The quantitative estimate of drug-likeness (QED) is 0.743. The molecule has 0 radical (unpaired) electrons. The molecule has 1 aliphatic heterocycles. The molecule has 1 saturated heterocycles. The van der Waals surface area contributed by atoms with Crippen LogP contribution in [0, 0.1) is 12.9 Å². The van der Waals surface area contributed by atoms with Crippen molar-refractivity contribution in [2.24, 2.45) is 0 Å². The summed E-state index contributed by atoms with van der Waals surface area (Å²) in [5.74, 6) is -0.264. The number of halogens is 1. The molecule has 1 atom stereocenters. The molecular formula is C19H22FN3O2. The maximum atomic E-state index is 13.9. The van der Waals surface area contributed by atoms with E-state index in [2.05, 4.69) is 21.4 Å². The van der Waals surface area contributed by atoms with Gasteiger partial charge < -0.3 is 14.4 Å². The smallest absolute Gasteiger partial charge is 0.213 e. The number of pyridine rings is 1. The van der Waals surface area contributed by atoms with Crippen LogP contribution in [0.25, 0.3) is 21.8 Å². The van der Waals surface area contributed by atoms with Crippen LogP contribution in [0.4, 0.5) is 4.39 Å². The molecule has 2 aromatic heterocycles. The van der Waals surface area contributed by atoms with Crippen molar-refractivity contribution < 1.29 is 14.2 Å². The largest absolute Gasteiger partial charge is 0.508 e. The van der Waals surface area contributed by atoms with Gasteiger partial charge in [-0.1, -0.05) is 0 Å². The number of aromatic hydroxyl groups is 1. The molecule has 3 heterocycles. The number of hydrogen-bond acceptors (Lipinski definition) is 4. The molecule has 0 saturated carbocycles. The molecule has 0 amide bonds. The van der Waals surface area contributed by atoms with Crippen LogP contribution in [0.2, 0.25) is 0 Å². The average molecular weight is 343 g/mol. The number of nitrogens with zero attached hydrogens (tertiary/aromatic N) is 3. The van der Waals surface area contributed by atoms with Gasteiger partial charge in [0.1, 0.15) is 5.75 Å². The summed E-state index contributed by atoms with van der Waals surface area (Å²) in [7, 11) is 0. The van der Waals surface area contributed by atoms with Gasteiger partial charge in [-0.3, -0.25) is 4.90 Å². The standard InChI is InChI=1S/C19H22FN3O2/c1-12(22-5-7-25-8-6-22)11-23-17-9-14(24)3-4-15(17)16-10-18(20)21-13(2)19(16)23/h3-4,9-10,12,24H,5-8,11H2,1-2H3. The zero-order chi connectivity index (χ0) is 17.6. The van der Waals surface area contributed by atoms with E-state index in [1.54, 1.807) is 12.1 Å². The van der Waals surface area contributed by atoms with Gasteiger partial charge in [-0.15, -0.1) is 0 Å². The summed E-state index contributed by atoms with van der Waals surface area (Å²) < 4.78 is 21.5. The normalized spacial score (nSPS) is 17.4. The van der Waals surface area contributed by atoms with Crippen LogP contribution in [-0.4, -0.2) is 51.9 Å². The molecule has 25 heavy (non-hydrogen) atoms. The second-order valence-corrected chi connectivity index (χ2v) is 6.74. The first-order chi connectivity index (χ1) is 12.0. The van der Waals surface area contributed by atoms with E-state index >= 15 is 0 Å². The number of phenols is 1. The van der Waals surface area contributed by atoms with Crippen LogP contribution < -0.4 is 0 Å². The minimum Gasteiger partial charge on any atom is -0.508 e. The molecule has 1 N–H and O–H groups in total. The molecule has 1 aliphatic rings. The highest BCUT2D eigenvalue weighted by Gasteiger charge is 2.21. The Morgan fingerprint density at radius 1 is 1.24 bits per heavy atom. The fourth-order valence-corrected chi connectivity index (χ4v) is 3.85. The summed E-state index contributed by atoms with van der Waals surface area (Å²) in [5, 5.41) is 11.7. The van der Waals surface area contributed by atoms with Gasteiger partial charge >= 0.3 is 0 Å². The molecule has 1 aromatic carbocycles. The molecule has 0 bridgehead atoms. The van der Waals surface area contributed by atoms with Gasteiger partial charge in [-0.25, -0.2) is 4.98 Å². The number of aryl methyl sites for hydroxylation is 1. The second-order valence-electron chi connectivity index (χ2n) is 6.74. The molecule has 5 nitrogen and oxygen atoms in total. The number of aromatic nitrogens is 2. The first-order valence-corrected chi connectivity index (χ1v) is 8.64. The third-order valence-corrected chi connectivity index (χ3v) is 5.08. The van der Waals surface area contributed by atoms with Crippen molar-refractivity contribution in [2.75, 3.05) is 26.3 Å². The van der Waals surface area contributed by atoms with Gasteiger partial charge in [0.05, 0.1) is 29.9 Å². The van der Waals surface area contributed by atoms with Crippen LogP contribution in [0.15, 0.2) is 24.3 Å². The van der Waals surface area contributed by atoms with E-state index in [9.17, 15) is 9.50 Å². The summed E-state index contributed by atoms with van der Waals surface area (Å²) in [4.78, 5) is 6.42. The van der Waals surface area contributed by atoms with E-state index in [0.717, 1.165) is 54.7 Å². The molecule has 6 heteroatoms. The van der Waals surface area contributed by atoms with Crippen molar-refractivity contribution in [3.05, 3.63) is 35.9 Å². The number of hydrogen-bond donors (Lipinski definition) is 1. The first kappa shape index (κ1) is 16.3. The lowest BCUT2D eigenvalue weighted by molar-refractivity contribution is 0.0174. The molecule has 4 rings (SSSR count). The number of ether oxygens (including phenoxy) is 1. The Bertz CT molecular complexity index is 931. The summed E-state index contributed by atoms with van der Waals surface area (Å²) in [6, 6.07) is 7.03. The van der Waals surface area contributed by atoms with Crippen molar-refractivity contribution in [1.82, 2.24) is 14.5 Å². The minimum atomic E-state index is -0.474. The van der Waals surface area contributed by atoms with Crippen molar-refractivity contribution in [3.63, 3.8) is 0 Å². The monoisotopic (exact) mass is 343 g/mol. The van der Waals surface area contributed by atoms with Crippen molar-refractivity contribution in [3.8, 4) is 5.75 Å².